The fourth-order valence-electron chi connectivity index (χ4n) is 8.37. The molecular formula is C58H36N4O. The fourth-order valence-corrected chi connectivity index (χ4v) is 8.37. The van der Waals surface area contributed by atoms with Crippen molar-refractivity contribution in [3.63, 3.8) is 0 Å². The van der Waals surface area contributed by atoms with Gasteiger partial charge in [-0.15, -0.1) is 0 Å². The molecule has 63 heavy (non-hydrogen) atoms. The Morgan fingerprint density at radius 1 is 0.317 bits per heavy atom. The Morgan fingerprint density at radius 2 is 0.746 bits per heavy atom. The van der Waals surface area contributed by atoms with Crippen LogP contribution in [0.2, 0.25) is 0 Å². The van der Waals surface area contributed by atoms with Gasteiger partial charge in [0.25, 0.3) is 0 Å². The Kier molecular flexibility index (Phi) is 9.50. The minimum atomic E-state index is 0.538. The highest BCUT2D eigenvalue weighted by atomic mass is 16.3. The molecule has 0 radical (unpaired) electrons. The number of nitrogens with zero attached hydrogens (tertiary/aromatic N) is 4. The summed E-state index contributed by atoms with van der Waals surface area (Å²) in [6.45, 7) is 0. The van der Waals surface area contributed by atoms with Crippen molar-refractivity contribution < 1.29 is 4.42 Å². The molecule has 2 heterocycles. The molecule has 9 aromatic carbocycles. The largest absolute Gasteiger partial charge is 0.456 e. The fraction of sp³-hybridized carbons (Fsp3) is 0. The average molecular weight is 805 g/mol. The summed E-state index contributed by atoms with van der Waals surface area (Å²) in [5.41, 5.74) is 15.8. The number of hydrogen-bond acceptors (Lipinski definition) is 5. The lowest BCUT2D eigenvalue weighted by atomic mass is 9.96. The Hall–Kier alpha value is -8.72. The van der Waals surface area contributed by atoms with Gasteiger partial charge in [0, 0.05) is 27.5 Å². The highest BCUT2D eigenvalue weighted by Crippen LogP contribution is 2.39. The second kappa shape index (κ2) is 16.0. The third-order valence-corrected chi connectivity index (χ3v) is 11.6. The van der Waals surface area contributed by atoms with Crippen LogP contribution in [0.4, 0.5) is 0 Å². The van der Waals surface area contributed by atoms with Gasteiger partial charge in [0.15, 0.2) is 17.5 Å². The van der Waals surface area contributed by atoms with Gasteiger partial charge in [-0.05, 0) is 98.1 Å². The number of rotatable bonds is 8. The lowest BCUT2D eigenvalue weighted by Crippen LogP contribution is -2.00. The molecule has 0 aliphatic carbocycles. The zero-order valence-electron chi connectivity index (χ0n) is 34.0. The van der Waals surface area contributed by atoms with E-state index in [1.54, 1.807) is 0 Å². The first kappa shape index (κ1) is 37.3. The van der Waals surface area contributed by atoms with Crippen LogP contribution >= 0.6 is 0 Å². The Morgan fingerprint density at radius 3 is 1.40 bits per heavy atom. The molecule has 0 spiro atoms. The maximum absolute atomic E-state index is 9.50. The van der Waals surface area contributed by atoms with E-state index >= 15 is 0 Å². The van der Waals surface area contributed by atoms with Crippen LogP contribution in [0.5, 0.6) is 0 Å². The summed E-state index contributed by atoms with van der Waals surface area (Å²) >= 11 is 0. The first-order valence-corrected chi connectivity index (χ1v) is 20.9. The Balaban J connectivity index is 1.00. The molecule has 0 aliphatic heterocycles. The van der Waals surface area contributed by atoms with Crippen molar-refractivity contribution in [3.8, 4) is 95.9 Å². The molecule has 2 aromatic heterocycles. The normalized spacial score (nSPS) is 11.2. The molecule has 0 atom stereocenters. The van der Waals surface area contributed by atoms with Gasteiger partial charge in [-0.2, -0.15) is 5.26 Å². The van der Waals surface area contributed by atoms with Crippen LogP contribution in [0.1, 0.15) is 5.56 Å². The first-order valence-electron chi connectivity index (χ1n) is 20.9. The van der Waals surface area contributed by atoms with Crippen molar-refractivity contribution >= 4 is 21.9 Å². The lowest BCUT2D eigenvalue weighted by molar-refractivity contribution is 0.669. The second-order valence-electron chi connectivity index (χ2n) is 15.5. The van der Waals surface area contributed by atoms with Gasteiger partial charge >= 0.3 is 0 Å². The SMILES string of the molecule is N#Cc1cccc(-c2ccc(-c3nc(-c4cccc(-c5cccc(-c6ccccc6)c5)c4)nc(-c4ccc5c(c4)oc4cccc(-c6ccc(-c7ccccc7)cc6)c45)n3)cc2)c1. The van der Waals surface area contributed by atoms with E-state index in [4.69, 9.17) is 19.4 Å². The Bertz CT molecular complexity index is 3500. The summed E-state index contributed by atoms with van der Waals surface area (Å²) < 4.78 is 6.59. The molecular weight excluding hydrogens is 769 g/mol. The zero-order valence-corrected chi connectivity index (χ0v) is 34.0. The van der Waals surface area contributed by atoms with E-state index in [0.717, 1.165) is 77.6 Å². The summed E-state index contributed by atoms with van der Waals surface area (Å²) in [4.78, 5) is 15.4. The third-order valence-electron chi connectivity index (χ3n) is 11.6. The molecule has 0 saturated heterocycles. The van der Waals surface area contributed by atoms with Gasteiger partial charge in [-0.3, -0.25) is 0 Å². The molecule has 0 unspecified atom stereocenters. The van der Waals surface area contributed by atoms with Crippen LogP contribution in [-0.2, 0) is 0 Å². The van der Waals surface area contributed by atoms with Crippen LogP contribution in [0.3, 0.4) is 0 Å². The topological polar surface area (TPSA) is 75.6 Å². The van der Waals surface area contributed by atoms with E-state index in [1.165, 1.54) is 16.7 Å². The maximum atomic E-state index is 9.50. The quantitative estimate of drug-likeness (QED) is 0.153. The monoisotopic (exact) mass is 804 g/mol. The number of furan rings is 1. The number of hydrogen-bond donors (Lipinski definition) is 0. The minimum Gasteiger partial charge on any atom is -0.456 e. The zero-order chi connectivity index (χ0) is 42.1. The molecule has 294 valence electrons. The van der Waals surface area contributed by atoms with E-state index in [2.05, 4.69) is 146 Å². The number of benzene rings is 9. The smallest absolute Gasteiger partial charge is 0.164 e. The third kappa shape index (κ3) is 7.33. The molecule has 0 N–H and O–H groups in total. The van der Waals surface area contributed by atoms with Crippen LogP contribution in [0.25, 0.3) is 112 Å². The molecule has 0 amide bonds. The standard InChI is InChI=1S/C58H36N4O/c59-37-38-11-7-16-45(33-38)42-25-29-44(30-26-42)56-60-57(49-20-9-19-48(35-49)47-18-8-17-46(34-47)40-14-5-2-6-15-40)62-58(61-56)50-31-32-52-54(36-50)63-53-22-10-21-51(55(52)53)43-27-23-41(24-28-43)39-12-3-1-4-13-39/h1-36H. The highest BCUT2D eigenvalue weighted by molar-refractivity contribution is 6.13. The van der Waals surface area contributed by atoms with Crippen molar-refractivity contribution in [2.75, 3.05) is 0 Å². The lowest BCUT2D eigenvalue weighted by Gasteiger charge is -2.11. The number of nitriles is 1. The summed E-state index contributed by atoms with van der Waals surface area (Å²) in [7, 11) is 0. The van der Waals surface area contributed by atoms with Crippen molar-refractivity contribution in [2.24, 2.45) is 0 Å². The average Bonchev–Trinajstić information content (AvgIpc) is 3.75. The molecule has 0 fully saturated rings. The van der Waals surface area contributed by atoms with Crippen LogP contribution in [0, 0.1) is 11.3 Å². The molecule has 11 rings (SSSR count). The Labute approximate surface area is 364 Å². The van der Waals surface area contributed by atoms with Crippen LogP contribution in [-0.4, -0.2) is 15.0 Å². The first-order chi connectivity index (χ1) is 31.1. The molecule has 0 saturated carbocycles. The summed E-state index contributed by atoms with van der Waals surface area (Å²) in [6.07, 6.45) is 0. The van der Waals surface area contributed by atoms with Gasteiger partial charge in [-0.25, -0.2) is 15.0 Å². The van der Waals surface area contributed by atoms with E-state index in [9.17, 15) is 5.26 Å². The predicted molar refractivity (Wildman–Crippen MR) is 255 cm³/mol. The van der Waals surface area contributed by atoms with Gasteiger partial charge in [-0.1, -0.05) is 176 Å². The van der Waals surface area contributed by atoms with Crippen molar-refractivity contribution in [2.45, 2.75) is 0 Å². The van der Waals surface area contributed by atoms with Gasteiger partial charge in [0.2, 0.25) is 0 Å². The summed E-state index contributed by atoms with van der Waals surface area (Å²) in [5.74, 6) is 1.65. The van der Waals surface area contributed by atoms with Gasteiger partial charge in [0.05, 0.1) is 11.6 Å². The van der Waals surface area contributed by atoms with Gasteiger partial charge in [0.1, 0.15) is 11.2 Å². The van der Waals surface area contributed by atoms with Gasteiger partial charge < -0.3 is 4.42 Å². The molecule has 5 nitrogen and oxygen atoms in total. The van der Waals surface area contributed by atoms with E-state index in [-0.39, 0.29) is 0 Å². The molecule has 0 aliphatic rings. The van der Waals surface area contributed by atoms with Crippen molar-refractivity contribution in [1.29, 1.82) is 5.26 Å². The number of aromatic nitrogens is 3. The maximum Gasteiger partial charge on any atom is 0.164 e. The minimum absolute atomic E-state index is 0.538. The van der Waals surface area contributed by atoms with E-state index in [0.29, 0.717) is 23.0 Å². The van der Waals surface area contributed by atoms with Crippen LogP contribution < -0.4 is 0 Å². The van der Waals surface area contributed by atoms with Crippen molar-refractivity contribution in [3.05, 3.63) is 224 Å². The number of fused-ring (bicyclic) bond motifs is 3. The summed E-state index contributed by atoms with van der Waals surface area (Å²) in [5, 5.41) is 11.6. The van der Waals surface area contributed by atoms with Crippen LogP contribution in [0.15, 0.2) is 223 Å². The molecule has 11 aromatic rings. The van der Waals surface area contributed by atoms with E-state index < -0.39 is 0 Å². The second-order valence-corrected chi connectivity index (χ2v) is 15.5. The molecule has 5 heteroatoms. The van der Waals surface area contributed by atoms with Crippen molar-refractivity contribution in [1.82, 2.24) is 15.0 Å². The summed E-state index contributed by atoms with van der Waals surface area (Å²) in [6, 6.07) is 77.0. The highest BCUT2D eigenvalue weighted by Gasteiger charge is 2.18. The van der Waals surface area contributed by atoms with E-state index in [1.807, 2.05) is 78.9 Å². The molecule has 0 bridgehead atoms. The predicted octanol–water partition coefficient (Wildman–Crippen LogP) is 15.0.